The number of pyridine rings is 1. The fourth-order valence-electron chi connectivity index (χ4n) is 4.61. The van der Waals surface area contributed by atoms with Gasteiger partial charge in [0.25, 0.3) is 0 Å². The zero-order valence-corrected chi connectivity index (χ0v) is 18.6. The molecule has 0 amide bonds. The normalized spacial score (nSPS) is 15.0. The lowest BCUT2D eigenvalue weighted by Crippen LogP contribution is -2.40. The van der Waals surface area contributed by atoms with Crippen molar-refractivity contribution in [1.82, 2.24) is 14.8 Å². The SMILES string of the molecule is Cn1ncc(-c2ccc3ncc(-c4cc(F)cc(F)c4)c(N4CCC(N)CC4)c3c2)c1C=NO. The standard InChI is InChI=1S/C25H24F2N6O/c1-32-24(14-31-34)21(13-30-32)15-2-3-23-20(10-15)25(33-6-4-19(28)5-7-33)22(12-29-23)16-8-17(26)11-18(27)9-16/h2-3,8-14,19,34H,4-7,28H2,1H3. The summed E-state index contributed by atoms with van der Waals surface area (Å²) in [5.74, 6) is -1.28. The smallest absolute Gasteiger partial charge is 0.126 e. The first-order valence-electron chi connectivity index (χ1n) is 11.0. The van der Waals surface area contributed by atoms with E-state index in [1.54, 1.807) is 24.1 Å². The number of fused-ring (bicyclic) bond motifs is 1. The Bertz CT molecular complexity index is 1370. The number of anilines is 1. The molecule has 34 heavy (non-hydrogen) atoms. The van der Waals surface area contributed by atoms with Crippen LogP contribution in [0.4, 0.5) is 14.5 Å². The molecule has 1 aliphatic heterocycles. The molecule has 9 heteroatoms. The van der Waals surface area contributed by atoms with Gasteiger partial charge in [0.2, 0.25) is 0 Å². The fraction of sp³-hybridized carbons (Fsp3) is 0.240. The molecule has 3 N–H and O–H groups in total. The minimum Gasteiger partial charge on any atom is -0.411 e. The Hall–Kier alpha value is -3.85. The van der Waals surface area contributed by atoms with Crippen molar-refractivity contribution >= 4 is 22.8 Å². The quantitative estimate of drug-likeness (QED) is 0.268. The van der Waals surface area contributed by atoms with E-state index in [4.69, 9.17) is 10.9 Å². The number of piperidine rings is 1. The zero-order valence-electron chi connectivity index (χ0n) is 18.6. The summed E-state index contributed by atoms with van der Waals surface area (Å²) >= 11 is 0. The summed E-state index contributed by atoms with van der Waals surface area (Å²) in [6.07, 6.45) is 6.36. The highest BCUT2D eigenvalue weighted by Gasteiger charge is 2.23. The van der Waals surface area contributed by atoms with Crippen molar-refractivity contribution in [3.63, 3.8) is 0 Å². The molecule has 1 aliphatic rings. The number of rotatable bonds is 4. The predicted molar refractivity (Wildman–Crippen MR) is 128 cm³/mol. The van der Waals surface area contributed by atoms with Gasteiger partial charge in [-0.2, -0.15) is 5.10 Å². The van der Waals surface area contributed by atoms with Crippen LogP contribution in [-0.2, 0) is 7.05 Å². The van der Waals surface area contributed by atoms with E-state index in [1.165, 1.54) is 18.3 Å². The van der Waals surface area contributed by atoms with Crippen molar-refractivity contribution < 1.29 is 14.0 Å². The summed E-state index contributed by atoms with van der Waals surface area (Å²) in [6, 6.07) is 9.48. The second kappa shape index (κ2) is 8.83. The Morgan fingerprint density at radius 3 is 2.47 bits per heavy atom. The number of nitrogens with zero attached hydrogens (tertiary/aromatic N) is 5. The molecule has 5 rings (SSSR count). The summed E-state index contributed by atoms with van der Waals surface area (Å²) < 4.78 is 29.9. The van der Waals surface area contributed by atoms with Crippen LogP contribution in [0.3, 0.4) is 0 Å². The highest BCUT2D eigenvalue weighted by atomic mass is 19.1. The lowest BCUT2D eigenvalue weighted by Gasteiger charge is -2.34. The Balaban J connectivity index is 1.75. The van der Waals surface area contributed by atoms with Gasteiger partial charge in [0.15, 0.2) is 0 Å². The molecule has 7 nitrogen and oxygen atoms in total. The second-order valence-corrected chi connectivity index (χ2v) is 8.55. The predicted octanol–water partition coefficient (Wildman–Crippen LogP) is 4.32. The van der Waals surface area contributed by atoms with E-state index < -0.39 is 11.6 Å². The fourth-order valence-corrected chi connectivity index (χ4v) is 4.61. The van der Waals surface area contributed by atoms with Crippen LogP contribution in [0, 0.1) is 11.6 Å². The molecule has 2 aromatic carbocycles. The van der Waals surface area contributed by atoms with E-state index in [9.17, 15) is 8.78 Å². The number of aromatic nitrogens is 3. The lowest BCUT2D eigenvalue weighted by atomic mass is 9.96. The van der Waals surface area contributed by atoms with Gasteiger partial charge in [-0.1, -0.05) is 11.2 Å². The largest absolute Gasteiger partial charge is 0.411 e. The van der Waals surface area contributed by atoms with Gasteiger partial charge in [0, 0.05) is 55.0 Å². The van der Waals surface area contributed by atoms with E-state index in [0.29, 0.717) is 16.8 Å². The summed E-state index contributed by atoms with van der Waals surface area (Å²) in [4.78, 5) is 6.82. The maximum atomic E-state index is 14.1. The number of benzene rings is 2. The molecule has 0 saturated carbocycles. The lowest BCUT2D eigenvalue weighted by molar-refractivity contribution is 0.321. The van der Waals surface area contributed by atoms with Gasteiger partial charge in [-0.05, 0) is 48.2 Å². The third-order valence-electron chi connectivity index (χ3n) is 6.34. The monoisotopic (exact) mass is 462 g/mol. The van der Waals surface area contributed by atoms with Crippen LogP contribution >= 0.6 is 0 Å². The minimum atomic E-state index is -0.640. The number of aryl methyl sites for hydroxylation is 1. The van der Waals surface area contributed by atoms with Crippen molar-refractivity contribution in [2.75, 3.05) is 18.0 Å². The number of hydrogen-bond donors (Lipinski definition) is 2. The van der Waals surface area contributed by atoms with Gasteiger partial charge in [-0.25, -0.2) is 8.78 Å². The summed E-state index contributed by atoms with van der Waals surface area (Å²) in [5.41, 5.74) is 11.1. The highest BCUT2D eigenvalue weighted by Crippen LogP contribution is 2.40. The van der Waals surface area contributed by atoms with E-state index >= 15 is 0 Å². The summed E-state index contributed by atoms with van der Waals surface area (Å²) in [6.45, 7) is 1.45. The first-order valence-corrected chi connectivity index (χ1v) is 11.0. The van der Waals surface area contributed by atoms with Crippen molar-refractivity contribution in [3.05, 3.63) is 66.1 Å². The Kier molecular flexibility index (Phi) is 5.70. The first-order chi connectivity index (χ1) is 16.4. The molecule has 0 atom stereocenters. The van der Waals surface area contributed by atoms with Crippen LogP contribution in [0.15, 0.2) is 53.9 Å². The van der Waals surface area contributed by atoms with Gasteiger partial charge >= 0.3 is 0 Å². The third-order valence-corrected chi connectivity index (χ3v) is 6.34. The molecule has 2 aromatic heterocycles. The molecule has 1 fully saturated rings. The van der Waals surface area contributed by atoms with Crippen LogP contribution in [0.1, 0.15) is 18.5 Å². The summed E-state index contributed by atoms with van der Waals surface area (Å²) in [7, 11) is 1.77. The van der Waals surface area contributed by atoms with Crippen LogP contribution < -0.4 is 10.6 Å². The molecule has 174 valence electrons. The van der Waals surface area contributed by atoms with Gasteiger partial charge < -0.3 is 15.8 Å². The molecular weight excluding hydrogens is 438 g/mol. The number of halogens is 2. The van der Waals surface area contributed by atoms with Crippen LogP contribution in [0.5, 0.6) is 0 Å². The number of nitrogens with two attached hydrogens (primary N) is 1. The van der Waals surface area contributed by atoms with Gasteiger partial charge in [0.05, 0.1) is 29.3 Å². The Morgan fingerprint density at radius 2 is 1.76 bits per heavy atom. The molecule has 0 unspecified atom stereocenters. The molecule has 0 aliphatic carbocycles. The van der Waals surface area contributed by atoms with Crippen molar-refractivity contribution in [2.45, 2.75) is 18.9 Å². The van der Waals surface area contributed by atoms with E-state index in [-0.39, 0.29) is 6.04 Å². The van der Waals surface area contributed by atoms with Crippen LogP contribution in [0.2, 0.25) is 0 Å². The Morgan fingerprint density at radius 1 is 1.03 bits per heavy atom. The van der Waals surface area contributed by atoms with Gasteiger partial charge in [0.1, 0.15) is 11.6 Å². The molecule has 1 saturated heterocycles. The second-order valence-electron chi connectivity index (χ2n) is 8.55. The van der Waals surface area contributed by atoms with E-state index in [1.807, 2.05) is 18.2 Å². The minimum absolute atomic E-state index is 0.130. The Labute approximate surface area is 195 Å². The van der Waals surface area contributed by atoms with E-state index in [2.05, 4.69) is 20.1 Å². The number of hydrogen-bond acceptors (Lipinski definition) is 6. The molecule has 4 aromatic rings. The molecular formula is C25H24F2N6O. The van der Waals surface area contributed by atoms with Crippen LogP contribution in [0.25, 0.3) is 33.2 Å². The van der Waals surface area contributed by atoms with Crippen LogP contribution in [-0.4, -0.2) is 45.3 Å². The average Bonchev–Trinajstić information content (AvgIpc) is 3.18. The van der Waals surface area contributed by atoms with Gasteiger partial charge in [-0.15, -0.1) is 0 Å². The average molecular weight is 463 g/mol. The first kappa shape index (κ1) is 22.0. The van der Waals surface area contributed by atoms with Crippen molar-refractivity contribution in [3.8, 4) is 22.3 Å². The van der Waals surface area contributed by atoms with Gasteiger partial charge in [-0.3, -0.25) is 9.67 Å². The van der Waals surface area contributed by atoms with E-state index in [0.717, 1.165) is 59.7 Å². The third kappa shape index (κ3) is 3.99. The molecule has 0 radical (unpaired) electrons. The van der Waals surface area contributed by atoms with Crippen molar-refractivity contribution in [2.24, 2.45) is 17.9 Å². The molecule has 3 heterocycles. The maximum Gasteiger partial charge on any atom is 0.126 e. The summed E-state index contributed by atoms with van der Waals surface area (Å²) in [5, 5.41) is 17.4. The topological polar surface area (TPSA) is 92.6 Å². The molecule has 0 bridgehead atoms. The number of oxime groups is 1. The maximum absolute atomic E-state index is 14.1. The van der Waals surface area contributed by atoms with Crippen molar-refractivity contribution in [1.29, 1.82) is 0 Å². The highest BCUT2D eigenvalue weighted by molar-refractivity contribution is 6.02. The zero-order chi connectivity index (χ0) is 23.8. The molecule has 0 spiro atoms.